The smallest absolute Gasteiger partial charge is 0.110 e. The van der Waals surface area contributed by atoms with E-state index in [1.54, 1.807) is 18.3 Å². The first-order valence-electron chi connectivity index (χ1n) is 10.7. The van der Waals surface area contributed by atoms with Crippen LogP contribution in [0.1, 0.15) is 46.6 Å². The number of halogens is 1. The number of anilines is 1. The van der Waals surface area contributed by atoms with Crippen molar-refractivity contribution in [3.63, 3.8) is 0 Å². The molecule has 0 aliphatic carbocycles. The zero-order chi connectivity index (χ0) is 23.2. The van der Waals surface area contributed by atoms with Gasteiger partial charge in [-0.1, -0.05) is 32.1 Å². The largest absolute Gasteiger partial charge is 0.384 e. The summed E-state index contributed by atoms with van der Waals surface area (Å²) in [6.45, 7) is 11.4. The van der Waals surface area contributed by atoms with Gasteiger partial charge >= 0.3 is 0 Å². The van der Waals surface area contributed by atoms with E-state index in [9.17, 15) is 4.39 Å². The van der Waals surface area contributed by atoms with Crippen molar-refractivity contribution in [2.45, 2.75) is 47.1 Å². The van der Waals surface area contributed by atoms with E-state index in [2.05, 4.69) is 52.5 Å². The molecule has 4 N–H and O–H groups in total. The molecule has 0 amide bonds. The van der Waals surface area contributed by atoms with Crippen LogP contribution in [0, 0.1) is 11.3 Å². The fourth-order valence-corrected chi connectivity index (χ4v) is 3.30. The van der Waals surface area contributed by atoms with Gasteiger partial charge in [0, 0.05) is 46.7 Å². The number of benzene rings is 1. The van der Waals surface area contributed by atoms with Crippen molar-refractivity contribution in [3.05, 3.63) is 59.0 Å². The predicted molar refractivity (Wildman–Crippen MR) is 135 cm³/mol. The second-order valence-corrected chi connectivity index (χ2v) is 7.63. The summed E-state index contributed by atoms with van der Waals surface area (Å²) in [5.74, 6) is 0.415. The molecular formula is C24H36FN5S. The van der Waals surface area contributed by atoms with Crippen LogP contribution >= 0.6 is 12.6 Å². The zero-order valence-corrected chi connectivity index (χ0v) is 20.1. The van der Waals surface area contributed by atoms with Crippen LogP contribution in [0.4, 0.5) is 10.1 Å². The number of thiol groups is 1. The number of hydrogen-bond acceptors (Lipinski definition) is 5. The number of H-pyrrole nitrogens is 1. The molecule has 1 aliphatic rings. The first-order valence-corrected chi connectivity index (χ1v) is 11.2. The highest BCUT2D eigenvalue weighted by Gasteiger charge is 2.20. The molecular weight excluding hydrogens is 409 g/mol. The highest BCUT2D eigenvalue weighted by molar-refractivity contribution is 7.84. The molecule has 1 saturated heterocycles. The number of aromatic amines is 1. The summed E-state index contributed by atoms with van der Waals surface area (Å²) >= 11 is 3.82. The molecule has 3 rings (SSSR count). The summed E-state index contributed by atoms with van der Waals surface area (Å²) in [5.41, 5.74) is 4.05. The summed E-state index contributed by atoms with van der Waals surface area (Å²) in [5, 5.41) is 21.4. The third kappa shape index (κ3) is 9.11. The van der Waals surface area contributed by atoms with Crippen LogP contribution in [-0.2, 0) is 0 Å². The van der Waals surface area contributed by atoms with Gasteiger partial charge in [-0.05, 0) is 57.4 Å². The Morgan fingerprint density at radius 2 is 2.10 bits per heavy atom. The SMILES string of the molecule is C/C=C\C(S)=C(/C)F.CC.CC1CC(CNc2ccc(-c3cn[nH]c3)cc2C=N)CN1. The summed E-state index contributed by atoms with van der Waals surface area (Å²) < 4.78 is 12.0. The molecule has 0 spiro atoms. The second-order valence-electron chi connectivity index (χ2n) is 7.14. The summed E-state index contributed by atoms with van der Waals surface area (Å²) in [4.78, 5) is 0.396. The molecule has 7 heteroatoms. The van der Waals surface area contributed by atoms with Gasteiger partial charge < -0.3 is 16.0 Å². The Morgan fingerprint density at radius 3 is 2.58 bits per heavy atom. The summed E-state index contributed by atoms with van der Waals surface area (Å²) in [6.07, 6.45) is 9.62. The Labute approximate surface area is 191 Å². The van der Waals surface area contributed by atoms with Gasteiger partial charge in [0.05, 0.1) is 6.20 Å². The molecule has 1 aromatic carbocycles. The van der Waals surface area contributed by atoms with E-state index >= 15 is 0 Å². The lowest BCUT2D eigenvalue weighted by atomic mass is 10.0. The molecule has 2 unspecified atom stereocenters. The van der Waals surface area contributed by atoms with Gasteiger partial charge in [0.15, 0.2) is 0 Å². The standard InChI is InChI=1S/C16H21N5.C6H9FS.C2H6/c1-11-4-12(7-18-11)8-19-16-3-2-13(5-14(16)6-17)15-9-20-21-10-15;1-3-4-6(8)5(2)7;1-2/h2-3,5-6,9-12,17-19H,4,7-8H2,1H3,(H,20,21);3-4,8H,1-2H3;1-2H3/b;4-3-,6-5-;. The maximum absolute atomic E-state index is 12.0. The maximum Gasteiger partial charge on any atom is 0.110 e. The van der Waals surface area contributed by atoms with Crippen molar-refractivity contribution < 1.29 is 4.39 Å². The number of allylic oxidation sites excluding steroid dienone is 3. The van der Waals surface area contributed by atoms with Crippen molar-refractivity contribution >= 4 is 24.5 Å². The Morgan fingerprint density at radius 1 is 1.35 bits per heavy atom. The van der Waals surface area contributed by atoms with Crippen LogP contribution < -0.4 is 10.6 Å². The third-order valence-electron chi connectivity index (χ3n) is 4.74. The van der Waals surface area contributed by atoms with Gasteiger partial charge in [-0.15, -0.1) is 12.6 Å². The van der Waals surface area contributed by atoms with Crippen LogP contribution in [-0.4, -0.2) is 35.5 Å². The lowest BCUT2D eigenvalue weighted by molar-refractivity contribution is 0.596. The lowest BCUT2D eigenvalue weighted by Gasteiger charge is -2.14. The molecule has 1 aromatic heterocycles. The van der Waals surface area contributed by atoms with Gasteiger partial charge in [-0.2, -0.15) is 5.10 Å². The highest BCUT2D eigenvalue weighted by Crippen LogP contribution is 2.24. The lowest BCUT2D eigenvalue weighted by Crippen LogP contribution is -2.19. The van der Waals surface area contributed by atoms with E-state index in [0.29, 0.717) is 16.9 Å². The average Bonchev–Trinajstić information content (AvgIpc) is 3.46. The van der Waals surface area contributed by atoms with Crippen LogP contribution in [0.25, 0.3) is 11.1 Å². The van der Waals surface area contributed by atoms with Crippen LogP contribution in [0.3, 0.4) is 0 Å². The van der Waals surface area contributed by atoms with Crippen molar-refractivity contribution in [1.29, 1.82) is 5.41 Å². The first kappa shape index (κ1) is 26.7. The number of nitrogens with zero attached hydrogens (tertiary/aromatic N) is 1. The van der Waals surface area contributed by atoms with Gasteiger partial charge in [-0.25, -0.2) is 4.39 Å². The predicted octanol–water partition coefficient (Wildman–Crippen LogP) is 6.20. The molecule has 2 heterocycles. The van der Waals surface area contributed by atoms with Crippen LogP contribution in [0.2, 0.25) is 0 Å². The highest BCUT2D eigenvalue weighted by atomic mass is 32.1. The van der Waals surface area contributed by atoms with Crippen molar-refractivity contribution in [1.82, 2.24) is 15.5 Å². The van der Waals surface area contributed by atoms with E-state index in [-0.39, 0.29) is 5.83 Å². The normalized spacial score (nSPS) is 18.4. The molecule has 5 nitrogen and oxygen atoms in total. The average molecular weight is 446 g/mol. The topological polar surface area (TPSA) is 76.6 Å². The van der Waals surface area contributed by atoms with Crippen molar-refractivity contribution in [2.24, 2.45) is 5.92 Å². The van der Waals surface area contributed by atoms with E-state index in [0.717, 1.165) is 35.5 Å². The van der Waals surface area contributed by atoms with Crippen LogP contribution in [0.5, 0.6) is 0 Å². The number of nitrogens with one attached hydrogen (secondary N) is 4. The van der Waals surface area contributed by atoms with Crippen molar-refractivity contribution in [2.75, 3.05) is 18.4 Å². The Kier molecular flexibility index (Phi) is 12.5. The fraction of sp³-hybridized carbons (Fsp3) is 0.417. The monoisotopic (exact) mass is 445 g/mol. The molecule has 2 atom stereocenters. The molecule has 0 bridgehead atoms. The zero-order valence-electron chi connectivity index (χ0n) is 19.2. The minimum atomic E-state index is -0.244. The van der Waals surface area contributed by atoms with Gasteiger partial charge in [0.1, 0.15) is 5.83 Å². The Balaban J connectivity index is 0.000000409. The molecule has 0 saturated carbocycles. The van der Waals surface area contributed by atoms with Gasteiger partial charge in [-0.3, -0.25) is 5.10 Å². The third-order valence-corrected chi connectivity index (χ3v) is 5.20. The molecule has 31 heavy (non-hydrogen) atoms. The van der Waals surface area contributed by atoms with Gasteiger partial charge in [0.25, 0.3) is 0 Å². The van der Waals surface area contributed by atoms with E-state index in [4.69, 9.17) is 5.41 Å². The molecule has 0 radical (unpaired) electrons. The minimum absolute atomic E-state index is 0.244. The fourth-order valence-electron chi connectivity index (χ4n) is 3.15. The Hall–Kier alpha value is -2.38. The van der Waals surface area contributed by atoms with Crippen LogP contribution in [0.15, 0.2) is 53.5 Å². The van der Waals surface area contributed by atoms with Gasteiger partial charge in [0.2, 0.25) is 0 Å². The molecule has 2 aromatic rings. The van der Waals surface area contributed by atoms with E-state index in [1.807, 2.05) is 33.0 Å². The number of rotatable bonds is 6. The minimum Gasteiger partial charge on any atom is -0.384 e. The number of aromatic nitrogens is 2. The molecule has 170 valence electrons. The van der Waals surface area contributed by atoms with Crippen molar-refractivity contribution in [3.8, 4) is 11.1 Å². The number of hydrogen-bond donors (Lipinski definition) is 5. The molecule has 1 fully saturated rings. The van der Waals surface area contributed by atoms with E-state index in [1.165, 1.54) is 19.6 Å². The Bertz CT molecular complexity index is 842. The molecule has 1 aliphatic heterocycles. The second kappa shape index (κ2) is 14.6. The maximum atomic E-state index is 12.0. The summed E-state index contributed by atoms with van der Waals surface area (Å²) in [7, 11) is 0. The quantitative estimate of drug-likeness (QED) is 0.209. The summed E-state index contributed by atoms with van der Waals surface area (Å²) in [6, 6.07) is 6.75. The van der Waals surface area contributed by atoms with E-state index < -0.39 is 0 Å². The first-order chi connectivity index (χ1) is 14.9.